The van der Waals surface area contributed by atoms with Crippen molar-refractivity contribution in [2.24, 2.45) is 0 Å². The van der Waals surface area contributed by atoms with Gasteiger partial charge in [0.15, 0.2) is 18.1 Å². The molecule has 1 heterocycles. The van der Waals surface area contributed by atoms with Gasteiger partial charge in [-0.3, -0.25) is 14.5 Å². The molecule has 0 atom stereocenters. The van der Waals surface area contributed by atoms with Gasteiger partial charge in [0.25, 0.3) is 15.9 Å². The van der Waals surface area contributed by atoms with Crippen molar-refractivity contribution in [2.45, 2.75) is 4.90 Å². The third kappa shape index (κ3) is 5.45. The summed E-state index contributed by atoms with van der Waals surface area (Å²) in [7, 11) is -2.24. The smallest absolute Gasteiger partial charge is 0.262 e. The first kappa shape index (κ1) is 20.2. The van der Waals surface area contributed by atoms with Crippen LogP contribution in [0, 0.1) is 0 Å². The Hall–Kier alpha value is -3.59. The summed E-state index contributed by atoms with van der Waals surface area (Å²) in [6.45, 7) is -0.219. The van der Waals surface area contributed by atoms with E-state index >= 15 is 0 Å². The molecule has 29 heavy (non-hydrogen) atoms. The quantitative estimate of drug-likeness (QED) is 0.588. The molecule has 2 aromatic carbocycles. The second-order valence-corrected chi connectivity index (χ2v) is 7.54. The summed E-state index contributed by atoms with van der Waals surface area (Å²) in [4.78, 5) is 16.0. The van der Waals surface area contributed by atoms with Crippen LogP contribution in [0.15, 0.2) is 78.0 Å². The molecule has 1 aromatic heterocycles. The van der Waals surface area contributed by atoms with Crippen LogP contribution in [-0.4, -0.2) is 33.0 Å². The first-order chi connectivity index (χ1) is 14.0. The van der Waals surface area contributed by atoms with Gasteiger partial charge >= 0.3 is 0 Å². The number of para-hydroxylation sites is 2. The molecular formula is C20H19N3O5S. The minimum Gasteiger partial charge on any atom is -0.493 e. The largest absolute Gasteiger partial charge is 0.493 e. The van der Waals surface area contributed by atoms with Crippen LogP contribution in [0.25, 0.3) is 0 Å². The number of hydrogen-bond acceptors (Lipinski definition) is 6. The fourth-order valence-electron chi connectivity index (χ4n) is 2.43. The predicted octanol–water partition coefficient (Wildman–Crippen LogP) is 2.91. The summed E-state index contributed by atoms with van der Waals surface area (Å²) in [6.07, 6.45) is 2.96. The molecule has 0 fully saturated rings. The van der Waals surface area contributed by atoms with Crippen LogP contribution >= 0.6 is 0 Å². The number of amides is 1. The van der Waals surface area contributed by atoms with E-state index in [0.717, 1.165) is 0 Å². The summed E-state index contributed by atoms with van der Waals surface area (Å²) in [6, 6.07) is 16.0. The van der Waals surface area contributed by atoms with Crippen LogP contribution in [0.1, 0.15) is 0 Å². The van der Waals surface area contributed by atoms with E-state index in [1.807, 2.05) is 0 Å². The number of carbonyl (C=O) groups excluding carboxylic acids is 1. The van der Waals surface area contributed by atoms with E-state index in [1.165, 1.54) is 37.6 Å². The maximum absolute atomic E-state index is 12.4. The zero-order valence-corrected chi connectivity index (χ0v) is 16.3. The zero-order chi connectivity index (χ0) is 20.7. The van der Waals surface area contributed by atoms with Gasteiger partial charge in [0, 0.05) is 11.9 Å². The average molecular weight is 413 g/mol. The highest BCUT2D eigenvalue weighted by Gasteiger charge is 2.14. The van der Waals surface area contributed by atoms with Crippen molar-refractivity contribution in [3.8, 4) is 11.5 Å². The molecule has 0 radical (unpaired) electrons. The van der Waals surface area contributed by atoms with E-state index in [9.17, 15) is 13.2 Å². The number of ether oxygens (including phenoxy) is 2. The number of nitrogens with one attached hydrogen (secondary N) is 2. The van der Waals surface area contributed by atoms with Gasteiger partial charge in [0.05, 0.1) is 23.9 Å². The standard InChI is InChI=1S/C20H19N3O5S/c1-27-18-6-2-3-7-19(18)28-14-20(24)22-15-8-10-17(11-9-15)29(25,26)23-16-5-4-12-21-13-16/h2-13,23H,14H2,1H3,(H,22,24). The maximum Gasteiger partial charge on any atom is 0.262 e. The van der Waals surface area contributed by atoms with Crippen LogP contribution in [0.3, 0.4) is 0 Å². The fourth-order valence-corrected chi connectivity index (χ4v) is 3.48. The van der Waals surface area contributed by atoms with Gasteiger partial charge < -0.3 is 14.8 Å². The Balaban J connectivity index is 1.59. The number of aromatic nitrogens is 1. The van der Waals surface area contributed by atoms with Crippen molar-refractivity contribution < 1.29 is 22.7 Å². The monoisotopic (exact) mass is 413 g/mol. The molecule has 8 nitrogen and oxygen atoms in total. The molecule has 3 aromatic rings. The molecule has 9 heteroatoms. The van der Waals surface area contributed by atoms with Crippen molar-refractivity contribution in [2.75, 3.05) is 23.8 Å². The Kier molecular flexibility index (Phi) is 6.30. The Labute approximate surface area is 168 Å². The number of pyridine rings is 1. The fraction of sp³-hybridized carbons (Fsp3) is 0.100. The van der Waals surface area contributed by atoms with Crippen molar-refractivity contribution >= 4 is 27.3 Å². The van der Waals surface area contributed by atoms with Gasteiger partial charge in [0.1, 0.15) is 0 Å². The van der Waals surface area contributed by atoms with Gasteiger partial charge in [-0.25, -0.2) is 8.42 Å². The lowest BCUT2D eigenvalue weighted by Gasteiger charge is -2.11. The topological polar surface area (TPSA) is 107 Å². The Morgan fingerprint density at radius 1 is 0.966 bits per heavy atom. The highest BCUT2D eigenvalue weighted by atomic mass is 32.2. The molecular weight excluding hydrogens is 394 g/mol. The SMILES string of the molecule is COc1ccccc1OCC(=O)Nc1ccc(S(=O)(=O)Nc2cccnc2)cc1. The molecule has 1 amide bonds. The Morgan fingerprint density at radius 2 is 1.69 bits per heavy atom. The van der Waals surface area contributed by atoms with Crippen molar-refractivity contribution in [3.63, 3.8) is 0 Å². The number of sulfonamides is 1. The zero-order valence-electron chi connectivity index (χ0n) is 15.5. The van der Waals surface area contributed by atoms with Crippen LogP contribution in [0.4, 0.5) is 11.4 Å². The van der Waals surface area contributed by atoms with Gasteiger partial charge in [-0.2, -0.15) is 0 Å². The summed E-state index contributed by atoms with van der Waals surface area (Å²) >= 11 is 0. The normalized spacial score (nSPS) is 10.8. The van der Waals surface area contributed by atoms with Gasteiger partial charge in [-0.05, 0) is 48.5 Å². The number of anilines is 2. The average Bonchev–Trinajstić information content (AvgIpc) is 2.73. The second kappa shape index (κ2) is 9.07. The van der Waals surface area contributed by atoms with Crippen LogP contribution < -0.4 is 19.5 Å². The molecule has 3 rings (SSSR count). The number of benzene rings is 2. The predicted molar refractivity (Wildman–Crippen MR) is 109 cm³/mol. The van der Waals surface area contributed by atoms with Crippen LogP contribution in [0.2, 0.25) is 0 Å². The van der Waals surface area contributed by atoms with Crippen molar-refractivity contribution in [1.82, 2.24) is 4.98 Å². The highest BCUT2D eigenvalue weighted by molar-refractivity contribution is 7.92. The molecule has 2 N–H and O–H groups in total. The molecule has 0 spiro atoms. The molecule has 0 saturated heterocycles. The number of rotatable bonds is 8. The van der Waals surface area contributed by atoms with Gasteiger partial charge in [0.2, 0.25) is 0 Å². The Bertz CT molecular complexity index is 1070. The van der Waals surface area contributed by atoms with Crippen molar-refractivity contribution in [1.29, 1.82) is 0 Å². The highest BCUT2D eigenvalue weighted by Crippen LogP contribution is 2.25. The summed E-state index contributed by atoms with van der Waals surface area (Å²) in [5, 5.41) is 2.65. The molecule has 0 aliphatic heterocycles. The first-order valence-corrected chi connectivity index (χ1v) is 10.0. The minimum atomic E-state index is -3.75. The van der Waals surface area contributed by atoms with Crippen LogP contribution in [-0.2, 0) is 14.8 Å². The first-order valence-electron chi connectivity index (χ1n) is 8.56. The van der Waals surface area contributed by atoms with Gasteiger partial charge in [-0.1, -0.05) is 12.1 Å². The molecule has 150 valence electrons. The maximum atomic E-state index is 12.4. The lowest BCUT2D eigenvalue weighted by Crippen LogP contribution is -2.20. The third-order valence-electron chi connectivity index (χ3n) is 3.79. The molecule has 0 unspecified atom stereocenters. The van der Waals surface area contributed by atoms with Crippen LogP contribution in [0.5, 0.6) is 11.5 Å². The number of nitrogens with zero attached hydrogens (tertiary/aromatic N) is 1. The van der Waals surface area contributed by atoms with E-state index in [2.05, 4.69) is 15.0 Å². The molecule has 0 aliphatic rings. The third-order valence-corrected chi connectivity index (χ3v) is 5.19. The lowest BCUT2D eigenvalue weighted by molar-refractivity contribution is -0.118. The molecule has 0 aliphatic carbocycles. The molecule has 0 saturated carbocycles. The summed E-state index contributed by atoms with van der Waals surface area (Å²) in [5.41, 5.74) is 0.803. The van der Waals surface area contributed by atoms with Gasteiger partial charge in [-0.15, -0.1) is 0 Å². The summed E-state index contributed by atoms with van der Waals surface area (Å²) in [5.74, 6) is 0.587. The van der Waals surface area contributed by atoms with E-state index < -0.39 is 10.0 Å². The van der Waals surface area contributed by atoms with E-state index in [-0.39, 0.29) is 17.4 Å². The molecule has 0 bridgehead atoms. The summed E-state index contributed by atoms with van der Waals surface area (Å²) < 4.78 is 37.8. The Morgan fingerprint density at radius 3 is 2.34 bits per heavy atom. The van der Waals surface area contributed by atoms with E-state index in [4.69, 9.17) is 9.47 Å². The number of hydrogen-bond donors (Lipinski definition) is 2. The second-order valence-electron chi connectivity index (χ2n) is 5.86. The van der Waals surface area contributed by atoms with E-state index in [1.54, 1.807) is 42.6 Å². The minimum absolute atomic E-state index is 0.0598. The van der Waals surface area contributed by atoms with E-state index in [0.29, 0.717) is 22.9 Å². The number of carbonyl (C=O) groups is 1. The van der Waals surface area contributed by atoms with Crippen molar-refractivity contribution in [3.05, 3.63) is 73.1 Å². The number of methoxy groups -OCH3 is 1. The lowest BCUT2D eigenvalue weighted by atomic mass is 10.3.